The first kappa shape index (κ1) is 16.1. The molecule has 0 spiro atoms. The molecule has 0 bridgehead atoms. The largest absolute Gasteiger partial charge is 0.358 e. The number of nitrogens with zero attached hydrogens (tertiary/aromatic N) is 4. The molecular formula is C12H13ClN4O5. The third-order valence-corrected chi connectivity index (χ3v) is 3.73. The van der Waals surface area contributed by atoms with Gasteiger partial charge in [-0.2, -0.15) is 0 Å². The molecule has 1 aliphatic rings. The van der Waals surface area contributed by atoms with Crippen LogP contribution in [0.5, 0.6) is 0 Å². The lowest BCUT2D eigenvalue weighted by Crippen LogP contribution is -2.44. The van der Waals surface area contributed by atoms with E-state index in [1.54, 1.807) is 4.90 Å². The van der Waals surface area contributed by atoms with Gasteiger partial charge in [0, 0.05) is 43.9 Å². The Balaban J connectivity index is 2.61. The smallest absolute Gasteiger partial charge is 0.300 e. The fraction of sp³-hybridized carbons (Fsp3) is 0.417. The molecule has 0 N–H and O–H groups in total. The van der Waals surface area contributed by atoms with Crippen LogP contribution in [-0.2, 0) is 0 Å². The monoisotopic (exact) mass is 328 g/mol. The molecule has 0 unspecified atom stereocenters. The molecule has 2 rings (SSSR count). The number of nitro benzene ring substituents is 2. The van der Waals surface area contributed by atoms with Crippen molar-refractivity contribution in [1.29, 1.82) is 0 Å². The number of carbonyl (C=O) groups excluding carboxylic acids is 1. The molecule has 118 valence electrons. The van der Waals surface area contributed by atoms with E-state index in [0.717, 1.165) is 12.1 Å². The molecule has 1 saturated heterocycles. The van der Waals surface area contributed by atoms with Gasteiger partial charge in [0.15, 0.2) is 5.69 Å². The molecule has 1 heterocycles. The highest BCUT2D eigenvalue weighted by Gasteiger charge is 2.33. The average molecular weight is 329 g/mol. The number of piperazine rings is 1. The maximum Gasteiger partial charge on any atom is 0.300 e. The number of hydrogen-bond acceptors (Lipinski definition) is 7. The summed E-state index contributed by atoms with van der Waals surface area (Å²) in [5.41, 5.74) is -1.31. The van der Waals surface area contributed by atoms with Crippen molar-refractivity contribution in [3.8, 4) is 0 Å². The molecule has 1 fully saturated rings. The highest BCUT2D eigenvalue weighted by atomic mass is 35.5. The third kappa shape index (κ3) is 3.15. The second-order valence-electron chi connectivity index (χ2n) is 4.94. The van der Waals surface area contributed by atoms with Crippen LogP contribution in [0.1, 0.15) is 10.4 Å². The van der Waals surface area contributed by atoms with Crippen molar-refractivity contribution in [2.75, 3.05) is 38.1 Å². The van der Waals surface area contributed by atoms with E-state index < -0.39 is 26.5 Å². The Labute approximate surface area is 130 Å². The summed E-state index contributed by atoms with van der Waals surface area (Å²) < 4.78 is 0. The summed E-state index contributed by atoms with van der Waals surface area (Å²) in [7, 11) is 1.90. The second kappa shape index (κ2) is 6.24. The highest BCUT2D eigenvalue weighted by Crippen LogP contribution is 2.39. The number of hydrogen-bond donors (Lipinski definition) is 0. The summed E-state index contributed by atoms with van der Waals surface area (Å²) >= 11 is 5.31. The lowest BCUT2D eigenvalue weighted by molar-refractivity contribution is -0.392. The minimum Gasteiger partial charge on any atom is -0.358 e. The molecule has 9 nitrogen and oxygen atoms in total. The van der Waals surface area contributed by atoms with E-state index in [9.17, 15) is 25.0 Å². The lowest BCUT2D eigenvalue weighted by atomic mass is 10.1. The quantitative estimate of drug-likeness (QED) is 0.469. The molecule has 0 aromatic heterocycles. The molecule has 1 aromatic rings. The van der Waals surface area contributed by atoms with E-state index in [2.05, 4.69) is 0 Å². The number of halogens is 1. The van der Waals surface area contributed by atoms with Crippen molar-refractivity contribution >= 4 is 33.9 Å². The predicted molar refractivity (Wildman–Crippen MR) is 79.6 cm³/mol. The summed E-state index contributed by atoms with van der Waals surface area (Å²) in [5.74, 6) is 0. The van der Waals surface area contributed by atoms with E-state index >= 15 is 0 Å². The van der Waals surface area contributed by atoms with Gasteiger partial charge in [-0.1, -0.05) is 0 Å². The third-order valence-electron chi connectivity index (χ3n) is 3.51. The fourth-order valence-electron chi connectivity index (χ4n) is 2.35. The minimum atomic E-state index is -0.976. The second-order valence-corrected chi connectivity index (χ2v) is 5.28. The molecule has 0 saturated carbocycles. The standard InChI is InChI=1S/C12H13ClN4O5/c1-14-2-4-15(5-3-14)11-9(16(19)20)6-8(12(13)18)7-10(11)17(21)22/h6-7H,2-5H2,1H3. The fourth-order valence-corrected chi connectivity index (χ4v) is 2.46. The average Bonchev–Trinajstić information content (AvgIpc) is 2.46. The molecule has 22 heavy (non-hydrogen) atoms. The normalized spacial score (nSPS) is 15.6. The highest BCUT2D eigenvalue weighted by molar-refractivity contribution is 6.67. The summed E-state index contributed by atoms with van der Waals surface area (Å²) in [5, 5.41) is 21.6. The molecule has 0 atom stereocenters. The zero-order valence-corrected chi connectivity index (χ0v) is 12.4. The molecule has 0 radical (unpaired) electrons. The summed E-state index contributed by atoms with van der Waals surface area (Å²) in [4.78, 5) is 35.9. The first-order valence-corrected chi connectivity index (χ1v) is 6.79. The van der Waals surface area contributed by atoms with Gasteiger partial charge < -0.3 is 9.80 Å². The Morgan fingerprint density at radius 1 is 1.09 bits per heavy atom. The molecular weight excluding hydrogens is 316 g/mol. The van der Waals surface area contributed by atoms with Crippen molar-refractivity contribution in [1.82, 2.24) is 4.90 Å². The van der Waals surface area contributed by atoms with Crippen LogP contribution in [0.3, 0.4) is 0 Å². The van der Waals surface area contributed by atoms with Crippen LogP contribution in [-0.4, -0.2) is 53.2 Å². The van der Waals surface area contributed by atoms with Crippen LogP contribution in [0.4, 0.5) is 17.1 Å². The number of carbonyl (C=O) groups is 1. The van der Waals surface area contributed by atoms with Crippen molar-refractivity contribution < 1.29 is 14.6 Å². The van der Waals surface area contributed by atoms with Gasteiger partial charge >= 0.3 is 0 Å². The Hall–Kier alpha value is -2.26. The van der Waals surface area contributed by atoms with Crippen molar-refractivity contribution in [2.24, 2.45) is 0 Å². The minimum absolute atomic E-state index is 0.0789. The van der Waals surface area contributed by atoms with Gasteiger partial charge in [-0.15, -0.1) is 0 Å². The Morgan fingerprint density at radius 2 is 1.55 bits per heavy atom. The van der Waals surface area contributed by atoms with E-state index in [0.29, 0.717) is 26.2 Å². The van der Waals surface area contributed by atoms with E-state index in [-0.39, 0.29) is 11.3 Å². The Bertz CT molecular complexity index is 607. The molecule has 0 amide bonds. The maximum absolute atomic E-state index is 11.3. The van der Waals surface area contributed by atoms with Crippen LogP contribution < -0.4 is 4.90 Å². The lowest BCUT2D eigenvalue weighted by Gasteiger charge is -2.33. The number of benzene rings is 1. The van der Waals surface area contributed by atoms with E-state index in [4.69, 9.17) is 11.6 Å². The van der Waals surface area contributed by atoms with Crippen molar-refractivity contribution in [2.45, 2.75) is 0 Å². The zero-order chi connectivity index (χ0) is 16.4. The Morgan fingerprint density at radius 3 is 1.91 bits per heavy atom. The van der Waals surface area contributed by atoms with Gasteiger partial charge in [0.25, 0.3) is 16.6 Å². The first-order valence-electron chi connectivity index (χ1n) is 6.41. The van der Waals surface area contributed by atoms with Gasteiger partial charge in [0.2, 0.25) is 0 Å². The molecule has 10 heteroatoms. The summed E-state index contributed by atoms with van der Waals surface area (Å²) in [6.07, 6.45) is 0. The zero-order valence-electron chi connectivity index (χ0n) is 11.7. The van der Waals surface area contributed by atoms with Crippen molar-refractivity contribution in [3.05, 3.63) is 37.9 Å². The van der Waals surface area contributed by atoms with Gasteiger partial charge in [-0.05, 0) is 18.6 Å². The molecule has 1 aliphatic heterocycles. The van der Waals surface area contributed by atoms with E-state index in [1.165, 1.54) is 0 Å². The van der Waals surface area contributed by atoms with Crippen molar-refractivity contribution in [3.63, 3.8) is 0 Å². The molecule has 0 aliphatic carbocycles. The van der Waals surface area contributed by atoms with Crippen LogP contribution >= 0.6 is 11.6 Å². The number of nitro groups is 2. The summed E-state index contributed by atoms with van der Waals surface area (Å²) in [6.45, 7) is 2.10. The van der Waals surface area contributed by atoms with Gasteiger partial charge in [0.05, 0.1) is 9.85 Å². The van der Waals surface area contributed by atoms with Gasteiger partial charge in [0.1, 0.15) is 0 Å². The number of rotatable bonds is 4. The predicted octanol–water partition coefficient (Wildman–Crippen LogP) is 1.63. The van der Waals surface area contributed by atoms with Crippen LogP contribution in [0.25, 0.3) is 0 Å². The maximum atomic E-state index is 11.3. The van der Waals surface area contributed by atoms with Crippen LogP contribution in [0, 0.1) is 20.2 Å². The summed E-state index contributed by atoms with van der Waals surface area (Å²) in [6, 6.07) is 1.96. The Kier molecular flexibility index (Phi) is 4.57. The molecule has 1 aromatic carbocycles. The van der Waals surface area contributed by atoms with Gasteiger partial charge in [-0.25, -0.2) is 0 Å². The SMILES string of the molecule is CN1CCN(c2c([N+](=O)[O-])cc(C(=O)Cl)cc2[N+](=O)[O-])CC1. The topological polar surface area (TPSA) is 110 Å². The van der Waals surface area contributed by atoms with E-state index in [1.807, 2.05) is 11.9 Å². The van der Waals surface area contributed by atoms with Crippen LogP contribution in [0.2, 0.25) is 0 Å². The number of likely N-dealkylation sites (N-methyl/N-ethyl adjacent to an activating group) is 1. The number of anilines is 1. The first-order chi connectivity index (χ1) is 10.3. The van der Waals surface area contributed by atoms with Crippen LogP contribution in [0.15, 0.2) is 12.1 Å². The van der Waals surface area contributed by atoms with Gasteiger partial charge in [-0.3, -0.25) is 25.0 Å².